The lowest BCUT2D eigenvalue weighted by molar-refractivity contribution is -0.384. The number of benzene rings is 1. The highest BCUT2D eigenvalue weighted by atomic mass is 16.6. The molecule has 0 amide bonds. The first-order valence-electron chi connectivity index (χ1n) is 6.52. The van der Waals surface area contributed by atoms with Crippen LogP contribution in [-0.4, -0.2) is 22.5 Å². The van der Waals surface area contributed by atoms with E-state index in [-0.39, 0.29) is 11.7 Å². The van der Waals surface area contributed by atoms with Crippen LogP contribution in [0.3, 0.4) is 0 Å². The zero-order valence-corrected chi connectivity index (χ0v) is 11.5. The lowest BCUT2D eigenvalue weighted by atomic mass is 10.1. The van der Waals surface area contributed by atoms with E-state index in [4.69, 9.17) is 5.73 Å². The minimum absolute atomic E-state index is 0.0596. The fourth-order valence-electron chi connectivity index (χ4n) is 1.78. The Balaban J connectivity index is 2.17. The van der Waals surface area contributed by atoms with Crippen LogP contribution in [0.5, 0.6) is 0 Å². The summed E-state index contributed by atoms with van der Waals surface area (Å²) >= 11 is 0. The summed E-state index contributed by atoms with van der Waals surface area (Å²) in [5.74, 6) is 1.12. The smallest absolute Gasteiger partial charge is 0.270 e. The van der Waals surface area contributed by atoms with Crippen molar-refractivity contribution < 1.29 is 4.92 Å². The molecule has 0 aliphatic rings. The number of nitro groups is 1. The minimum atomic E-state index is -0.409. The second-order valence-corrected chi connectivity index (χ2v) is 5.12. The van der Waals surface area contributed by atoms with E-state index in [1.165, 1.54) is 12.1 Å². The van der Waals surface area contributed by atoms with Gasteiger partial charge < -0.3 is 11.1 Å². The normalized spacial score (nSPS) is 12.6. The van der Waals surface area contributed by atoms with E-state index in [1.807, 2.05) is 6.07 Å². The van der Waals surface area contributed by atoms with Crippen LogP contribution in [0, 0.1) is 16.0 Å². The molecule has 0 saturated heterocycles. The summed E-state index contributed by atoms with van der Waals surface area (Å²) in [6, 6.07) is 8.31. The summed E-state index contributed by atoms with van der Waals surface area (Å²) < 4.78 is 0. The van der Waals surface area contributed by atoms with E-state index in [0.29, 0.717) is 12.5 Å². The van der Waals surface area contributed by atoms with Crippen molar-refractivity contribution in [2.75, 3.05) is 11.9 Å². The average molecular weight is 274 g/mol. The second-order valence-electron chi connectivity index (χ2n) is 5.12. The number of nitrogens with one attached hydrogen (secondary N) is 1. The number of hydrogen-bond acceptors (Lipinski definition) is 5. The van der Waals surface area contributed by atoms with Crippen molar-refractivity contribution in [2.45, 2.75) is 19.9 Å². The van der Waals surface area contributed by atoms with Crippen LogP contribution >= 0.6 is 0 Å². The molecule has 6 heteroatoms. The molecule has 0 aliphatic heterocycles. The zero-order valence-electron chi connectivity index (χ0n) is 11.5. The summed E-state index contributed by atoms with van der Waals surface area (Å²) in [7, 11) is 0. The molecular weight excluding hydrogens is 256 g/mol. The Bertz CT molecular complexity index is 628. The van der Waals surface area contributed by atoms with Crippen molar-refractivity contribution in [2.24, 2.45) is 11.7 Å². The maximum absolute atomic E-state index is 10.7. The van der Waals surface area contributed by atoms with Crippen molar-refractivity contribution in [1.29, 1.82) is 0 Å². The Morgan fingerprint density at radius 1 is 1.35 bits per heavy atom. The van der Waals surface area contributed by atoms with Gasteiger partial charge in [-0.25, -0.2) is 4.98 Å². The molecule has 6 nitrogen and oxygen atoms in total. The molecule has 0 spiro atoms. The molecule has 0 bridgehead atoms. The van der Waals surface area contributed by atoms with Crippen LogP contribution in [0.4, 0.5) is 11.5 Å². The van der Waals surface area contributed by atoms with Gasteiger partial charge >= 0.3 is 0 Å². The second kappa shape index (κ2) is 5.83. The van der Waals surface area contributed by atoms with Crippen LogP contribution in [0.25, 0.3) is 10.9 Å². The number of nitrogens with zero attached hydrogens (tertiary/aromatic N) is 2. The zero-order chi connectivity index (χ0) is 14.7. The molecule has 1 aromatic heterocycles. The van der Waals surface area contributed by atoms with Gasteiger partial charge in [-0.05, 0) is 24.1 Å². The molecule has 2 aromatic rings. The highest BCUT2D eigenvalue weighted by molar-refractivity contribution is 5.82. The number of rotatable bonds is 5. The quantitative estimate of drug-likeness (QED) is 0.645. The number of hydrogen-bond donors (Lipinski definition) is 2. The summed E-state index contributed by atoms with van der Waals surface area (Å²) in [6.45, 7) is 4.78. The van der Waals surface area contributed by atoms with Crippen LogP contribution in [-0.2, 0) is 0 Å². The van der Waals surface area contributed by atoms with Crippen molar-refractivity contribution >= 4 is 22.4 Å². The van der Waals surface area contributed by atoms with Gasteiger partial charge in [-0.15, -0.1) is 0 Å². The molecule has 3 N–H and O–H groups in total. The van der Waals surface area contributed by atoms with Crippen LogP contribution in [0.15, 0.2) is 30.3 Å². The average Bonchev–Trinajstić information content (AvgIpc) is 2.43. The third-order valence-electron chi connectivity index (χ3n) is 3.26. The molecule has 0 fully saturated rings. The van der Waals surface area contributed by atoms with E-state index in [0.717, 1.165) is 16.7 Å². The van der Waals surface area contributed by atoms with E-state index < -0.39 is 4.92 Å². The number of aromatic nitrogens is 1. The number of nitrogens with two attached hydrogens (primary N) is 1. The summed E-state index contributed by atoms with van der Waals surface area (Å²) in [6.07, 6.45) is 0. The van der Waals surface area contributed by atoms with Crippen LogP contribution in [0.2, 0.25) is 0 Å². The molecule has 1 unspecified atom stereocenters. The molecule has 0 saturated carbocycles. The third kappa shape index (κ3) is 3.21. The van der Waals surface area contributed by atoms with Gasteiger partial charge in [-0.2, -0.15) is 0 Å². The van der Waals surface area contributed by atoms with Crippen molar-refractivity contribution in [1.82, 2.24) is 4.98 Å². The van der Waals surface area contributed by atoms with E-state index in [1.54, 1.807) is 12.1 Å². The van der Waals surface area contributed by atoms with Crippen molar-refractivity contribution in [3.05, 3.63) is 40.4 Å². The van der Waals surface area contributed by atoms with Crippen molar-refractivity contribution in [3.63, 3.8) is 0 Å². The molecular formula is C14H18N4O2. The first-order valence-corrected chi connectivity index (χ1v) is 6.52. The third-order valence-corrected chi connectivity index (χ3v) is 3.26. The maximum atomic E-state index is 10.7. The number of pyridine rings is 1. The Morgan fingerprint density at radius 2 is 2.10 bits per heavy atom. The SMILES string of the molecule is CC(C)C(N)CNc1ccc2cc([N+](=O)[O-])ccc2n1. The van der Waals surface area contributed by atoms with Gasteiger partial charge in [0.05, 0.1) is 10.4 Å². The number of fused-ring (bicyclic) bond motifs is 1. The van der Waals surface area contributed by atoms with Gasteiger partial charge in [0.2, 0.25) is 0 Å². The molecule has 20 heavy (non-hydrogen) atoms. The van der Waals surface area contributed by atoms with E-state index >= 15 is 0 Å². The van der Waals surface area contributed by atoms with Gasteiger partial charge in [-0.1, -0.05) is 13.8 Å². The van der Waals surface area contributed by atoms with Gasteiger partial charge in [0.1, 0.15) is 5.82 Å². The summed E-state index contributed by atoms with van der Waals surface area (Å²) in [5.41, 5.74) is 6.76. The molecule has 1 aromatic carbocycles. The largest absolute Gasteiger partial charge is 0.368 e. The van der Waals surface area contributed by atoms with Crippen LogP contribution in [0.1, 0.15) is 13.8 Å². The topological polar surface area (TPSA) is 94.1 Å². The molecule has 106 valence electrons. The molecule has 0 aliphatic carbocycles. The standard InChI is InChI=1S/C14H18N4O2/c1-9(2)12(15)8-16-14-6-3-10-7-11(18(19)20)4-5-13(10)17-14/h3-7,9,12H,8,15H2,1-2H3,(H,16,17). The lowest BCUT2D eigenvalue weighted by Gasteiger charge is -2.16. The number of nitro benzene ring substituents is 1. The first-order chi connectivity index (χ1) is 9.47. The Kier molecular flexibility index (Phi) is 4.14. The monoisotopic (exact) mass is 274 g/mol. The summed E-state index contributed by atoms with van der Waals surface area (Å²) in [5, 5.41) is 14.6. The highest BCUT2D eigenvalue weighted by Crippen LogP contribution is 2.21. The van der Waals surface area contributed by atoms with Gasteiger partial charge in [0.15, 0.2) is 0 Å². The number of anilines is 1. The summed E-state index contributed by atoms with van der Waals surface area (Å²) in [4.78, 5) is 14.7. The van der Waals surface area contributed by atoms with Gasteiger partial charge in [0, 0.05) is 30.1 Å². The van der Waals surface area contributed by atoms with Crippen molar-refractivity contribution in [3.8, 4) is 0 Å². The van der Waals surface area contributed by atoms with Crippen LogP contribution < -0.4 is 11.1 Å². The predicted molar refractivity (Wildman–Crippen MR) is 79.7 cm³/mol. The first kappa shape index (κ1) is 14.2. The van der Waals surface area contributed by atoms with E-state index in [2.05, 4.69) is 24.1 Å². The minimum Gasteiger partial charge on any atom is -0.368 e. The predicted octanol–water partition coefficient (Wildman–Crippen LogP) is 2.54. The maximum Gasteiger partial charge on any atom is 0.270 e. The Labute approximate surface area is 117 Å². The molecule has 2 rings (SSSR count). The highest BCUT2D eigenvalue weighted by Gasteiger charge is 2.09. The van der Waals surface area contributed by atoms with Gasteiger partial charge in [0.25, 0.3) is 5.69 Å². The Morgan fingerprint density at radius 3 is 2.75 bits per heavy atom. The molecule has 1 atom stereocenters. The molecule has 1 heterocycles. The fourth-order valence-corrected chi connectivity index (χ4v) is 1.78. The molecule has 0 radical (unpaired) electrons. The number of non-ortho nitro benzene ring substituents is 1. The van der Waals surface area contributed by atoms with Gasteiger partial charge in [-0.3, -0.25) is 10.1 Å². The fraction of sp³-hybridized carbons (Fsp3) is 0.357. The lowest BCUT2D eigenvalue weighted by Crippen LogP contribution is -2.34. The van der Waals surface area contributed by atoms with E-state index in [9.17, 15) is 10.1 Å². The Hall–Kier alpha value is -2.21.